The highest BCUT2D eigenvalue weighted by Gasteiger charge is 2.28. The molecule has 1 saturated carbocycles. The molecule has 32 heavy (non-hydrogen) atoms. The van der Waals surface area contributed by atoms with E-state index in [-0.39, 0.29) is 16.8 Å². The fraction of sp³-hybridized carbons (Fsp3) is 0.304. The summed E-state index contributed by atoms with van der Waals surface area (Å²) in [6, 6.07) is 14.3. The Balaban J connectivity index is 1.31. The predicted octanol–water partition coefficient (Wildman–Crippen LogP) is 2.87. The van der Waals surface area contributed by atoms with Crippen molar-refractivity contribution in [1.82, 2.24) is 19.9 Å². The minimum atomic E-state index is -3.50. The molecule has 2 aromatic carbocycles. The monoisotopic (exact) mass is 451 g/mol. The van der Waals surface area contributed by atoms with Crippen LogP contribution in [-0.4, -0.2) is 30.1 Å². The van der Waals surface area contributed by atoms with E-state index >= 15 is 0 Å². The van der Waals surface area contributed by atoms with Gasteiger partial charge in [-0.2, -0.15) is 5.10 Å². The van der Waals surface area contributed by atoms with E-state index < -0.39 is 10.0 Å². The quantitative estimate of drug-likeness (QED) is 0.479. The van der Waals surface area contributed by atoms with Crippen LogP contribution < -0.4 is 15.6 Å². The van der Waals surface area contributed by atoms with E-state index in [1.165, 1.54) is 12.1 Å². The van der Waals surface area contributed by atoms with Gasteiger partial charge < -0.3 is 0 Å². The van der Waals surface area contributed by atoms with Gasteiger partial charge in [-0.25, -0.2) is 17.8 Å². The zero-order valence-corrected chi connectivity index (χ0v) is 18.6. The van der Waals surface area contributed by atoms with Crippen LogP contribution in [0, 0.1) is 6.92 Å². The highest BCUT2D eigenvalue weighted by atomic mass is 32.2. The summed E-state index contributed by atoms with van der Waals surface area (Å²) >= 11 is 0. The van der Waals surface area contributed by atoms with Gasteiger partial charge >= 0.3 is 0 Å². The molecule has 166 valence electrons. The maximum atomic E-state index is 12.9. The third-order valence-corrected chi connectivity index (χ3v) is 7.41. The number of hydrogen-bond donors (Lipinski definition) is 3. The lowest BCUT2D eigenvalue weighted by atomic mass is 10.2. The van der Waals surface area contributed by atoms with E-state index in [1.54, 1.807) is 12.1 Å². The van der Waals surface area contributed by atoms with Crippen LogP contribution in [0.15, 0.2) is 53.4 Å². The first-order chi connectivity index (χ1) is 15.4. The van der Waals surface area contributed by atoms with Crippen LogP contribution in [-0.2, 0) is 22.9 Å². The van der Waals surface area contributed by atoms with Gasteiger partial charge in [-0.15, -0.1) is 0 Å². The minimum absolute atomic E-state index is 0.0540. The smallest absolute Gasteiger partial charge is 0.290 e. The SMILES string of the molecule is Cc1ccccc1-n1nc(C(=O)NNc2ccc(S(=O)(=O)NC3CC3)cc2)c2c1CCC2. The van der Waals surface area contributed by atoms with Gasteiger partial charge in [0, 0.05) is 17.3 Å². The molecule has 0 bridgehead atoms. The predicted molar refractivity (Wildman–Crippen MR) is 121 cm³/mol. The standard InChI is InChI=1S/C23H25N5O3S/c1-15-5-2-3-7-20(15)28-21-8-4-6-19(21)22(26-28)23(29)25-24-16-11-13-18(14-12-16)32(30,31)27-17-9-10-17/h2-3,5,7,11-14,17,24,27H,4,6,8-10H2,1H3,(H,25,29). The summed E-state index contributed by atoms with van der Waals surface area (Å²) in [5.74, 6) is -0.317. The van der Waals surface area contributed by atoms with Gasteiger partial charge in [-0.1, -0.05) is 18.2 Å². The Hall–Kier alpha value is -3.17. The van der Waals surface area contributed by atoms with Crippen molar-refractivity contribution in [2.45, 2.75) is 50.0 Å². The molecule has 1 fully saturated rings. The van der Waals surface area contributed by atoms with Crippen molar-refractivity contribution in [3.8, 4) is 5.69 Å². The first-order valence-electron chi connectivity index (χ1n) is 10.8. The number of aryl methyl sites for hydroxylation is 1. The van der Waals surface area contributed by atoms with E-state index in [9.17, 15) is 13.2 Å². The summed E-state index contributed by atoms with van der Waals surface area (Å²) < 4.78 is 29.1. The van der Waals surface area contributed by atoms with Crippen molar-refractivity contribution >= 4 is 21.6 Å². The van der Waals surface area contributed by atoms with E-state index in [1.807, 2.05) is 35.9 Å². The van der Waals surface area contributed by atoms with E-state index in [0.29, 0.717) is 11.4 Å². The van der Waals surface area contributed by atoms with Crippen LogP contribution in [0.25, 0.3) is 5.69 Å². The molecule has 8 nitrogen and oxygen atoms in total. The minimum Gasteiger partial charge on any atom is -0.298 e. The fourth-order valence-corrected chi connectivity index (χ4v) is 5.32. The number of anilines is 1. The molecule has 3 N–H and O–H groups in total. The number of carbonyl (C=O) groups is 1. The third-order valence-electron chi connectivity index (χ3n) is 5.87. The van der Waals surface area contributed by atoms with Gasteiger partial charge in [-0.3, -0.25) is 15.6 Å². The van der Waals surface area contributed by atoms with Crippen LogP contribution in [0.3, 0.4) is 0 Å². The summed E-state index contributed by atoms with van der Waals surface area (Å²) in [4.78, 5) is 13.1. The largest absolute Gasteiger partial charge is 0.298 e. The van der Waals surface area contributed by atoms with Crippen LogP contribution in [0.1, 0.15) is 46.6 Å². The van der Waals surface area contributed by atoms with Gasteiger partial charge in [0.2, 0.25) is 10.0 Å². The van der Waals surface area contributed by atoms with Gasteiger partial charge in [0.25, 0.3) is 5.91 Å². The number of hydrogen-bond acceptors (Lipinski definition) is 5. The van der Waals surface area contributed by atoms with Crippen LogP contribution in [0.2, 0.25) is 0 Å². The number of fused-ring (bicyclic) bond motifs is 1. The van der Waals surface area contributed by atoms with Gasteiger partial charge in [-0.05, 0) is 74.9 Å². The first-order valence-corrected chi connectivity index (χ1v) is 12.3. The second-order valence-electron chi connectivity index (χ2n) is 8.32. The third kappa shape index (κ3) is 4.01. The molecule has 0 saturated heterocycles. The Bertz CT molecular complexity index is 1280. The number of para-hydroxylation sites is 1. The summed E-state index contributed by atoms with van der Waals surface area (Å²) in [7, 11) is -3.50. The molecule has 2 aliphatic rings. The second-order valence-corrected chi connectivity index (χ2v) is 10.0. The molecular weight excluding hydrogens is 426 g/mol. The average Bonchev–Trinajstić information content (AvgIpc) is 3.32. The number of sulfonamides is 1. The lowest BCUT2D eigenvalue weighted by molar-refractivity contribution is 0.0956. The summed E-state index contributed by atoms with van der Waals surface area (Å²) in [5, 5.41) is 4.63. The van der Waals surface area contributed by atoms with E-state index in [0.717, 1.165) is 54.6 Å². The van der Waals surface area contributed by atoms with Crippen molar-refractivity contribution < 1.29 is 13.2 Å². The summed E-state index contributed by atoms with van der Waals surface area (Å²) in [6.07, 6.45) is 4.48. The van der Waals surface area contributed by atoms with Gasteiger partial charge in [0.1, 0.15) is 0 Å². The van der Waals surface area contributed by atoms with Crippen molar-refractivity contribution in [3.63, 3.8) is 0 Å². The van der Waals surface area contributed by atoms with Crippen molar-refractivity contribution in [3.05, 3.63) is 71.0 Å². The lowest BCUT2D eigenvalue weighted by Gasteiger charge is -2.10. The second kappa shape index (κ2) is 8.07. The topological polar surface area (TPSA) is 105 Å². The zero-order chi connectivity index (χ0) is 22.3. The Morgan fingerprint density at radius 1 is 1.06 bits per heavy atom. The molecule has 0 unspecified atom stereocenters. The molecule has 0 spiro atoms. The Morgan fingerprint density at radius 2 is 1.81 bits per heavy atom. The van der Waals surface area contributed by atoms with Gasteiger partial charge in [0.15, 0.2) is 5.69 Å². The summed E-state index contributed by atoms with van der Waals surface area (Å²) in [5.41, 5.74) is 10.7. The maximum Gasteiger partial charge on any atom is 0.290 e. The van der Waals surface area contributed by atoms with Crippen molar-refractivity contribution in [1.29, 1.82) is 0 Å². The molecule has 0 aliphatic heterocycles. The van der Waals surface area contributed by atoms with E-state index in [2.05, 4.69) is 20.7 Å². The van der Waals surface area contributed by atoms with Crippen molar-refractivity contribution in [2.24, 2.45) is 0 Å². The molecular formula is C23H25N5O3S. The molecule has 3 aromatic rings. The fourth-order valence-electron chi connectivity index (χ4n) is 4.01. The molecule has 1 aromatic heterocycles. The molecule has 1 amide bonds. The van der Waals surface area contributed by atoms with Crippen molar-refractivity contribution in [2.75, 3.05) is 5.43 Å². The molecule has 0 radical (unpaired) electrons. The van der Waals surface area contributed by atoms with Crippen LogP contribution >= 0.6 is 0 Å². The highest BCUT2D eigenvalue weighted by Crippen LogP contribution is 2.29. The molecule has 1 heterocycles. The molecule has 9 heteroatoms. The molecule has 0 atom stereocenters. The molecule has 5 rings (SSSR count). The van der Waals surface area contributed by atoms with Crippen LogP contribution in [0.5, 0.6) is 0 Å². The maximum absolute atomic E-state index is 12.9. The number of nitrogens with zero attached hydrogens (tertiary/aromatic N) is 2. The normalized spacial score (nSPS) is 15.4. The number of benzene rings is 2. The summed E-state index contributed by atoms with van der Waals surface area (Å²) in [6.45, 7) is 2.03. The number of nitrogens with one attached hydrogen (secondary N) is 3. The Morgan fingerprint density at radius 3 is 2.53 bits per heavy atom. The first kappa shape index (κ1) is 20.7. The Kier molecular flexibility index (Phi) is 5.22. The number of amides is 1. The zero-order valence-electron chi connectivity index (χ0n) is 17.8. The Labute approximate surface area is 187 Å². The highest BCUT2D eigenvalue weighted by molar-refractivity contribution is 7.89. The lowest BCUT2D eigenvalue weighted by Crippen LogP contribution is -2.30. The number of carbonyl (C=O) groups excluding carboxylic acids is 1. The number of hydrazine groups is 1. The van der Waals surface area contributed by atoms with Crippen LogP contribution in [0.4, 0.5) is 5.69 Å². The number of aromatic nitrogens is 2. The number of rotatable bonds is 7. The van der Waals surface area contributed by atoms with Gasteiger partial charge in [0.05, 0.1) is 16.3 Å². The molecule has 2 aliphatic carbocycles. The average molecular weight is 452 g/mol. The van der Waals surface area contributed by atoms with E-state index in [4.69, 9.17) is 0 Å².